The van der Waals surface area contributed by atoms with Gasteiger partial charge in [-0.05, 0) is 41.7 Å². The standard InChI is InChI=1S/C27H33N3O3/c1-3-5-7-8-11-19-30-27(33)29(25(28-30)14-6-4-2)20-21-15-17-22(18-16-21)23-12-9-10-13-24(23)26(31)32/h6,9-10,12-18H,3-5,7-8,11,19-20H2,1-2H3,(H,31,32). The molecule has 0 atom stereocenters. The molecular weight excluding hydrogens is 414 g/mol. The second-order valence-corrected chi connectivity index (χ2v) is 8.22. The highest BCUT2D eigenvalue weighted by Gasteiger charge is 2.13. The summed E-state index contributed by atoms with van der Waals surface area (Å²) < 4.78 is 3.29. The first kappa shape index (κ1) is 24.2. The average molecular weight is 448 g/mol. The summed E-state index contributed by atoms with van der Waals surface area (Å²) in [6.07, 6.45) is 10.4. The van der Waals surface area contributed by atoms with E-state index in [1.807, 2.05) is 42.5 Å². The topological polar surface area (TPSA) is 77.1 Å². The lowest BCUT2D eigenvalue weighted by Crippen LogP contribution is -2.25. The fourth-order valence-electron chi connectivity index (χ4n) is 3.86. The van der Waals surface area contributed by atoms with Gasteiger partial charge >= 0.3 is 11.7 Å². The number of nitrogens with zero attached hydrogens (tertiary/aromatic N) is 3. The van der Waals surface area contributed by atoms with Crippen LogP contribution in [0, 0.1) is 0 Å². The minimum Gasteiger partial charge on any atom is -0.478 e. The zero-order chi connectivity index (χ0) is 23.6. The van der Waals surface area contributed by atoms with Crippen molar-refractivity contribution < 1.29 is 9.90 Å². The van der Waals surface area contributed by atoms with Crippen LogP contribution in [0.2, 0.25) is 0 Å². The number of aryl methyl sites for hydroxylation is 1. The third-order valence-electron chi connectivity index (χ3n) is 5.69. The van der Waals surface area contributed by atoms with Crippen molar-refractivity contribution >= 4 is 12.0 Å². The number of hydrogen-bond donors (Lipinski definition) is 1. The van der Waals surface area contributed by atoms with E-state index in [1.165, 1.54) is 19.3 Å². The van der Waals surface area contributed by atoms with Gasteiger partial charge in [-0.3, -0.25) is 4.57 Å². The molecule has 174 valence electrons. The first-order valence-corrected chi connectivity index (χ1v) is 11.8. The molecule has 3 rings (SSSR count). The van der Waals surface area contributed by atoms with Gasteiger partial charge < -0.3 is 5.11 Å². The third kappa shape index (κ3) is 6.31. The summed E-state index contributed by atoms with van der Waals surface area (Å²) in [5.74, 6) is -0.286. The first-order chi connectivity index (χ1) is 16.0. The predicted octanol–water partition coefficient (Wildman–Crippen LogP) is 5.85. The lowest BCUT2D eigenvalue weighted by atomic mass is 9.99. The van der Waals surface area contributed by atoms with Crippen LogP contribution < -0.4 is 5.69 Å². The third-order valence-corrected chi connectivity index (χ3v) is 5.69. The fourth-order valence-corrected chi connectivity index (χ4v) is 3.86. The van der Waals surface area contributed by atoms with Crippen molar-refractivity contribution in [3.63, 3.8) is 0 Å². The Morgan fingerprint density at radius 1 is 1.00 bits per heavy atom. The molecule has 6 nitrogen and oxygen atoms in total. The Kier molecular flexibility index (Phi) is 8.81. The van der Waals surface area contributed by atoms with Crippen molar-refractivity contribution in [3.05, 3.63) is 82.0 Å². The molecule has 0 saturated carbocycles. The van der Waals surface area contributed by atoms with Crippen molar-refractivity contribution in [2.24, 2.45) is 0 Å². The van der Waals surface area contributed by atoms with Crippen LogP contribution in [-0.2, 0) is 13.1 Å². The lowest BCUT2D eigenvalue weighted by Gasteiger charge is -2.08. The van der Waals surface area contributed by atoms with E-state index in [9.17, 15) is 14.7 Å². The summed E-state index contributed by atoms with van der Waals surface area (Å²) in [5.41, 5.74) is 2.65. The summed E-state index contributed by atoms with van der Waals surface area (Å²) in [6, 6.07) is 14.7. The van der Waals surface area contributed by atoms with Crippen molar-refractivity contribution in [2.75, 3.05) is 0 Å². The first-order valence-electron chi connectivity index (χ1n) is 11.8. The number of rotatable bonds is 12. The summed E-state index contributed by atoms with van der Waals surface area (Å²) in [4.78, 5) is 24.6. The van der Waals surface area contributed by atoms with Crippen molar-refractivity contribution in [1.29, 1.82) is 0 Å². The maximum atomic E-state index is 13.0. The molecule has 3 aromatic rings. The summed E-state index contributed by atoms with van der Waals surface area (Å²) in [5, 5.41) is 14.0. The summed E-state index contributed by atoms with van der Waals surface area (Å²) >= 11 is 0. The van der Waals surface area contributed by atoms with Gasteiger partial charge in [0, 0.05) is 6.54 Å². The maximum absolute atomic E-state index is 13.0. The molecule has 2 aromatic carbocycles. The van der Waals surface area contributed by atoms with Crippen LogP contribution in [-0.4, -0.2) is 25.4 Å². The van der Waals surface area contributed by atoms with Crippen molar-refractivity contribution in [2.45, 2.75) is 65.5 Å². The molecule has 6 heteroatoms. The van der Waals surface area contributed by atoms with Gasteiger partial charge in [0.05, 0.1) is 12.1 Å². The number of unbranched alkanes of at least 4 members (excludes halogenated alkanes) is 4. The molecule has 0 amide bonds. The van der Waals surface area contributed by atoms with Crippen LogP contribution >= 0.6 is 0 Å². The van der Waals surface area contributed by atoms with Crippen LogP contribution in [0.1, 0.15) is 74.1 Å². The van der Waals surface area contributed by atoms with E-state index in [1.54, 1.807) is 27.4 Å². The zero-order valence-corrected chi connectivity index (χ0v) is 19.5. The zero-order valence-electron chi connectivity index (χ0n) is 19.5. The molecule has 0 spiro atoms. The molecule has 1 N–H and O–H groups in total. The molecule has 0 aliphatic carbocycles. The van der Waals surface area contributed by atoms with E-state index < -0.39 is 5.97 Å². The number of benzene rings is 2. The highest BCUT2D eigenvalue weighted by molar-refractivity contribution is 5.95. The molecule has 0 bridgehead atoms. The van der Waals surface area contributed by atoms with E-state index in [0.29, 0.717) is 24.5 Å². The molecule has 33 heavy (non-hydrogen) atoms. The van der Waals surface area contributed by atoms with Gasteiger partial charge in [-0.25, -0.2) is 14.3 Å². The minimum absolute atomic E-state index is 0.0958. The van der Waals surface area contributed by atoms with E-state index >= 15 is 0 Å². The van der Waals surface area contributed by atoms with E-state index in [2.05, 4.69) is 18.9 Å². The maximum Gasteiger partial charge on any atom is 0.346 e. The Morgan fingerprint density at radius 2 is 1.73 bits per heavy atom. The van der Waals surface area contributed by atoms with Crippen LogP contribution in [0.25, 0.3) is 17.2 Å². The molecule has 0 saturated heterocycles. The number of aromatic carboxylic acids is 1. The molecular formula is C27H33N3O3. The Hall–Kier alpha value is -3.41. The van der Waals surface area contributed by atoms with E-state index in [0.717, 1.165) is 30.4 Å². The number of aromatic nitrogens is 3. The Labute approximate surface area is 195 Å². The van der Waals surface area contributed by atoms with Crippen molar-refractivity contribution in [1.82, 2.24) is 14.3 Å². The highest BCUT2D eigenvalue weighted by atomic mass is 16.4. The number of carboxylic acid groups (broad SMARTS) is 1. The fraction of sp³-hybridized carbons (Fsp3) is 0.370. The van der Waals surface area contributed by atoms with Gasteiger partial charge in [-0.15, -0.1) is 0 Å². The molecule has 0 aliphatic heterocycles. The summed E-state index contributed by atoms with van der Waals surface area (Å²) in [6.45, 7) is 5.29. The Morgan fingerprint density at radius 3 is 2.42 bits per heavy atom. The number of carboxylic acids is 1. The van der Waals surface area contributed by atoms with Gasteiger partial charge in [-0.1, -0.05) is 88.1 Å². The second kappa shape index (κ2) is 12.0. The molecule has 0 fully saturated rings. The van der Waals surface area contributed by atoms with E-state index in [4.69, 9.17) is 0 Å². The molecule has 1 aromatic heterocycles. The van der Waals surface area contributed by atoms with Gasteiger partial charge in [0.2, 0.25) is 0 Å². The smallest absolute Gasteiger partial charge is 0.346 e. The van der Waals surface area contributed by atoms with Crippen LogP contribution in [0.15, 0.2) is 59.4 Å². The van der Waals surface area contributed by atoms with Crippen molar-refractivity contribution in [3.8, 4) is 11.1 Å². The highest BCUT2D eigenvalue weighted by Crippen LogP contribution is 2.24. The largest absolute Gasteiger partial charge is 0.478 e. The lowest BCUT2D eigenvalue weighted by molar-refractivity contribution is 0.0697. The second-order valence-electron chi connectivity index (χ2n) is 8.22. The molecule has 0 unspecified atom stereocenters. The van der Waals surface area contributed by atoms with Gasteiger partial charge in [0.25, 0.3) is 0 Å². The van der Waals surface area contributed by atoms with E-state index in [-0.39, 0.29) is 11.3 Å². The minimum atomic E-state index is -0.948. The summed E-state index contributed by atoms with van der Waals surface area (Å²) in [7, 11) is 0. The van der Waals surface area contributed by atoms with Gasteiger partial charge in [-0.2, -0.15) is 5.10 Å². The molecule has 0 aliphatic rings. The average Bonchev–Trinajstić information content (AvgIpc) is 3.12. The Bertz CT molecular complexity index is 1140. The van der Waals surface area contributed by atoms with Crippen LogP contribution in [0.3, 0.4) is 0 Å². The van der Waals surface area contributed by atoms with Gasteiger partial charge in [0.1, 0.15) is 0 Å². The number of hydrogen-bond acceptors (Lipinski definition) is 3. The predicted molar refractivity (Wildman–Crippen MR) is 133 cm³/mol. The quantitative estimate of drug-likeness (QED) is 0.353. The Balaban J connectivity index is 1.81. The normalized spacial score (nSPS) is 11.3. The molecule has 1 heterocycles. The van der Waals surface area contributed by atoms with Crippen LogP contribution in [0.5, 0.6) is 0 Å². The number of allylic oxidation sites excluding steroid dienone is 1. The SMILES string of the molecule is CCC=Cc1nn(CCCCCCC)c(=O)n1Cc1ccc(-c2ccccc2C(=O)O)cc1. The van der Waals surface area contributed by atoms with Gasteiger partial charge in [0.15, 0.2) is 5.82 Å². The van der Waals surface area contributed by atoms with Crippen LogP contribution in [0.4, 0.5) is 0 Å². The number of carbonyl (C=O) groups is 1. The monoisotopic (exact) mass is 447 g/mol. The molecule has 0 radical (unpaired) electrons.